The molecule has 4 rings (SSSR count). The van der Waals surface area contributed by atoms with E-state index in [0.29, 0.717) is 22.7 Å². The molecule has 0 fully saturated rings. The summed E-state index contributed by atoms with van der Waals surface area (Å²) in [6, 6.07) is 15.0. The molecule has 3 aromatic carbocycles. The normalized spacial score (nSPS) is 11.3. The maximum atomic E-state index is 13.0. The highest BCUT2D eigenvalue weighted by Crippen LogP contribution is 2.27. The average molecular weight is 670 g/mol. The summed E-state index contributed by atoms with van der Waals surface area (Å²) < 4.78 is 10.6. The van der Waals surface area contributed by atoms with Gasteiger partial charge in [-0.25, -0.2) is 9.59 Å². The molecule has 240 valence electrons. The number of aliphatic carboxylic acids is 1. The Morgan fingerprint density at radius 3 is 2.37 bits per heavy atom. The molecule has 0 bridgehead atoms. The summed E-state index contributed by atoms with van der Waals surface area (Å²) in [7, 11) is 3.01. The Labute approximate surface area is 273 Å². The Morgan fingerprint density at radius 2 is 1.70 bits per heavy atom. The van der Waals surface area contributed by atoms with Crippen LogP contribution in [0.1, 0.15) is 33.2 Å². The number of amides is 4. The smallest absolute Gasteiger partial charge is 0.326 e. The number of methoxy groups -OCH3 is 1. The number of benzene rings is 3. The van der Waals surface area contributed by atoms with E-state index in [4.69, 9.17) is 32.5 Å². The van der Waals surface area contributed by atoms with E-state index in [1.165, 1.54) is 24.1 Å². The molecule has 13 nitrogen and oxygen atoms in total. The number of ether oxygens (including phenoxy) is 1. The minimum Gasteiger partial charge on any atom is -0.495 e. The van der Waals surface area contributed by atoms with Gasteiger partial charge < -0.3 is 35.2 Å². The van der Waals surface area contributed by atoms with E-state index in [0.717, 1.165) is 5.56 Å². The molecule has 0 spiro atoms. The lowest BCUT2D eigenvalue weighted by atomic mass is 10.1. The van der Waals surface area contributed by atoms with Crippen LogP contribution in [0.2, 0.25) is 10.0 Å². The van der Waals surface area contributed by atoms with Gasteiger partial charge in [-0.1, -0.05) is 58.7 Å². The van der Waals surface area contributed by atoms with Crippen LogP contribution in [0.5, 0.6) is 5.75 Å². The number of hydrogen-bond donors (Lipinski definition) is 4. The third-order valence-electron chi connectivity index (χ3n) is 6.75. The fourth-order valence-corrected chi connectivity index (χ4v) is 4.87. The highest BCUT2D eigenvalue weighted by atomic mass is 35.5. The Kier molecular flexibility index (Phi) is 11.2. The zero-order chi connectivity index (χ0) is 33.4. The number of hydrogen-bond acceptors (Lipinski definition) is 8. The van der Waals surface area contributed by atoms with Crippen molar-refractivity contribution < 1.29 is 33.5 Å². The lowest BCUT2D eigenvalue weighted by molar-refractivity contribution is -0.139. The van der Waals surface area contributed by atoms with Crippen LogP contribution < -0.4 is 20.7 Å². The second-order valence-corrected chi connectivity index (χ2v) is 10.9. The minimum absolute atomic E-state index is 0.00494. The van der Waals surface area contributed by atoms with E-state index < -0.39 is 23.9 Å². The van der Waals surface area contributed by atoms with Crippen LogP contribution in [0.15, 0.2) is 65.2 Å². The zero-order valence-corrected chi connectivity index (χ0v) is 26.5. The maximum Gasteiger partial charge on any atom is 0.326 e. The van der Waals surface area contributed by atoms with Crippen LogP contribution in [-0.4, -0.2) is 64.2 Å². The Morgan fingerprint density at radius 1 is 1.00 bits per heavy atom. The number of nitrogens with zero attached hydrogens (tertiary/aromatic N) is 3. The van der Waals surface area contributed by atoms with E-state index in [-0.39, 0.29) is 52.6 Å². The Hall–Kier alpha value is -5.14. The first-order chi connectivity index (χ1) is 21.9. The van der Waals surface area contributed by atoms with Crippen molar-refractivity contribution in [3.05, 3.63) is 99.1 Å². The molecular formula is C31H30Cl2N6O7. The van der Waals surface area contributed by atoms with Gasteiger partial charge in [0, 0.05) is 12.7 Å². The summed E-state index contributed by atoms with van der Waals surface area (Å²) in [4.78, 5) is 55.6. The van der Waals surface area contributed by atoms with Crippen molar-refractivity contribution in [2.24, 2.45) is 0 Å². The number of carbonyl (C=O) groups excluding carboxylic acids is 3. The third-order valence-corrected chi connectivity index (χ3v) is 7.38. The largest absolute Gasteiger partial charge is 0.495 e. The number of carboxylic acid groups (broad SMARTS) is 1. The van der Waals surface area contributed by atoms with Gasteiger partial charge in [-0.3, -0.25) is 9.59 Å². The van der Waals surface area contributed by atoms with Crippen LogP contribution in [-0.2, 0) is 29.0 Å². The molecule has 1 atom stereocenters. The summed E-state index contributed by atoms with van der Waals surface area (Å²) >= 11 is 12.1. The monoisotopic (exact) mass is 668 g/mol. The molecule has 0 radical (unpaired) electrons. The van der Waals surface area contributed by atoms with Gasteiger partial charge in [0.1, 0.15) is 11.8 Å². The topological polar surface area (TPSA) is 176 Å². The lowest BCUT2D eigenvalue weighted by Crippen LogP contribution is -2.42. The molecule has 0 aliphatic heterocycles. The molecule has 0 saturated carbocycles. The molecule has 0 saturated heterocycles. The molecule has 4 N–H and O–H groups in total. The van der Waals surface area contributed by atoms with E-state index in [2.05, 4.69) is 26.1 Å². The number of urea groups is 1. The zero-order valence-electron chi connectivity index (χ0n) is 25.0. The SMILES string of the molecule is COc1cc(CC(=O)N(C)Cc2noc(CC(NC(=O)c3c(Cl)cccc3Cl)C(=O)O)n2)ccc1NC(=O)Nc1ccccc1C. The summed E-state index contributed by atoms with van der Waals surface area (Å²) in [5, 5.41) is 21.5. The van der Waals surface area contributed by atoms with Crippen molar-refractivity contribution in [3.63, 3.8) is 0 Å². The molecule has 0 aliphatic carbocycles. The van der Waals surface area contributed by atoms with Crippen molar-refractivity contribution in [1.82, 2.24) is 20.4 Å². The Balaban J connectivity index is 1.33. The molecule has 1 heterocycles. The van der Waals surface area contributed by atoms with Crippen LogP contribution in [0.25, 0.3) is 0 Å². The number of aryl methyl sites for hydroxylation is 1. The van der Waals surface area contributed by atoms with Crippen LogP contribution in [0, 0.1) is 6.92 Å². The van der Waals surface area contributed by atoms with Crippen molar-refractivity contribution in [2.75, 3.05) is 24.8 Å². The highest BCUT2D eigenvalue weighted by molar-refractivity contribution is 6.39. The van der Waals surface area contributed by atoms with E-state index in [1.54, 1.807) is 37.4 Å². The molecule has 1 unspecified atom stereocenters. The lowest BCUT2D eigenvalue weighted by Gasteiger charge is -2.16. The molecule has 46 heavy (non-hydrogen) atoms. The quantitative estimate of drug-likeness (QED) is 0.162. The fourth-order valence-electron chi connectivity index (χ4n) is 4.30. The molecule has 15 heteroatoms. The number of anilines is 2. The van der Waals surface area contributed by atoms with Crippen molar-refractivity contribution in [3.8, 4) is 5.75 Å². The van der Waals surface area contributed by atoms with Gasteiger partial charge in [-0.05, 0) is 48.4 Å². The summed E-state index contributed by atoms with van der Waals surface area (Å²) in [6.45, 7) is 1.85. The predicted molar refractivity (Wildman–Crippen MR) is 170 cm³/mol. The van der Waals surface area contributed by atoms with Crippen LogP contribution >= 0.6 is 23.2 Å². The fraction of sp³-hybridized carbons (Fsp3) is 0.226. The summed E-state index contributed by atoms with van der Waals surface area (Å²) in [5.41, 5.74) is 2.57. The number of halogens is 2. The van der Waals surface area contributed by atoms with Crippen molar-refractivity contribution >= 4 is 58.4 Å². The Bertz CT molecular complexity index is 1740. The van der Waals surface area contributed by atoms with Crippen LogP contribution in [0.3, 0.4) is 0 Å². The number of nitrogens with one attached hydrogen (secondary N) is 3. The maximum absolute atomic E-state index is 13.0. The number of carbonyl (C=O) groups is 4. The highest BCUT2D eigenvalue weighted by Gasteiger charge is 2.26. The first-order valence-corrected chi connectivity index (χ1v) is 14.5. The molecular weight excluding hydrogens is 639 g/mol. The van der Waals surface area contributed by atoms with Gasteiger partial charge >= 0.3 is 12.0 Å². The predicted octanol–water partition coefficient (Wildman–Crippen LogP) is 4.96. The summed E-state index contributed by atoms with van der Waals surface area (Å²) in [5.74, 6) is -1.96. The van der Waals surface area contributed by atoms with Gasteiger partial charge in [-0.15, -0.1) is 0 Å². The van der Waals surface area contributed by atoms with Crippen molar-refractivity contribution in [1.29, 1.82) is 0 Å². The van der Waals surface area contributed by atoms with E-state index >= 15 is 0 Å². The second kappa shape index (κ2) is 15.2. The van der Waals surface area contributed by atoms with Gasteiger partial charge in [0.2, 0.25) is 11.8 Å². The first kappa shape index (κ1) is 33.7. The number of aromatic nitrogens is 2. The third kappa shape index (κ3) is 8.73. The van der Waals surface area contributed by atoms with Gasteiger partial charge in [0.15, 0.2) is 5.82 Å². The first-order valence-electron chi connectivity index (χ1n) is 13.8. The number of para-hydroxylation sites is 1. The number of rotatable bonds is 12. The molecule has 4 amide bonds. The van der Waals surface area contributed by atoms with E-state index in [1.807, 2.05) is 25.1 Å². The standard InChI is InChI=1S/C31H30Cl2N6O7/c1-17-7-4-5-10-21(17)35-31(44)36-22-12-11-18(13-24(22)45-3)14-27(40)39(2)16-25-37-26(46-38-25)15-23(30(42)43)34-29(41)28-19(32)8-6-9-20(28)33/h4-13,23H,14-16H2,1-3H3,(H,34,41)(H,42,43)(H2,35,36,44). The number of likely N-dealkylation sites (N-methyl/N-ethyl adjacent to an activating group) is 1. The van der Waals surface area contributed by atoms with Crippen molar-refractivity contribution in [2.45, 2.75) is 32.4 Å². The summed E-state index contributed by atoms with van der Waals surface area (Å²) in [6.07, 6.45) is -0.318. The molecule has 0 aliphatic rings. The second-order valence-electron chi connectivity index (χ2n) is 10.1. The van der Waals surface area contributed by atoms with Gasteiger partial charge in [0.05, 0.1) is 47.8 Å². The van der Waals surface area contributed by atoms with E-state index in [9.17, 15) is 24.3 Å². The van der Waals surface area contributed by atoms with Gasteiger partial charge in [-0.2, -0.15) is 4.98 Å². The molecule has 4 aromatic rings. The van der Waals surface area contributed by atoms with Crippen LogP contribution in [0.4, 0.5) is 16.2 Å². The number of carboxylic acids is 1. The minimum atomic E-state index is -1.42. The average Bonchev–Trinajstić information content (AvgIpc) is 3.45. The molecule has 1 aromatic heterocycles. The van der Waals surface area contributed by atoms with Gasteiger partial charge in [0.25, 0.3) is 5.91 Å².